The molecule has 0 spiro atoms. The first kappa shape index (κ1) is 8.74. The van der Waals surface area contributed by atoms with Crippen molar-refractivity contribution in [1.82, 2.24) is 24.8 Å². The highest BCUT2D eigenvalue weighted by Gasteiger charge is 2.03. The molecule has 2 aromatic heterocycles. The quantitative estimate of drug-likeness (QED) is 0.724. The lowest BCUT2D eigenvalue weighted by atomic mass is 10.4. The number of nitrogens with two attached hydrogens (primary N) is 1. The molecule has 0 unspecified atom stereocenters. The van der Waals surface area contributed by atoms with E-state index >= 15 is 0 Å². The van der Waals surface area contributed by atoms with Crippen molar-refractivity contribution in [1.29, 1.82) is 0 Å². The number of aryl methyl sites for hydroxylation is 2. The first-order valence-corrected chi connectivity index (χ1v) is 4.30. The average Bonchev–Trinajstić information content (AvgIpc) is 2.62. The first-order valence-electron chi connectivity index (χ1n) is 4.30. The van der Waals surface area contributed by atoms with E-state index in [9.17, 15) is 0 Å². The Morgan fingerprint density at radius 2 is 2.21 bits per heavy atom. The van der Waals surface area contributed by atoms with Crippen LogP contribution in [0.4, 0.5) is 5.82 Å². The number of anilines is 1. The molecule has 74 valence electrons. The number of nitrogen functional groups attached to an aromatic ring is 1. The summed E-state index contributed by atoms with van der Waals surface area (Å²) in [6.07, 6.45) is 3.75. The highest BCUT2D eigenvalue weighted by atomic mass is 15.4. The molecule has 0 aliphatic rings. The predicted molar refractivity (Wildman–Crippen MR) is 51.5 cm³/mol. The predicted octanol–water partition coefficient (Wildman–Crippen LogP) is -0.0495. The zero-order valence-corrected chi connectivity index (χ0v) is 8.18. The van der Waals surface area contributed by atoms with Gasteiger partial charge in [-0.05, 0) is 6.92 Å². The van der Waals surface area contributed by atoms with Crippen LogP contribution in [0.5, 0.6) is 0 Å². The third-order valence-corrected chi connectivity index (χ3v) is 1.96. The molecule has 2 heterocycles. The topological polar surface area (TPSA) is 74.5 Å². The van der Waals surface area contributed by atoms with Crippen molar-refractivity contribution >= 4 is 5.82 Å². The molecule has 0 bridgehead atoms. The highest BCUT2D eigenvalue weighted by Crippen LogP contribution is 2.07. The normalized spacial score (nSPS) is 10.7. The lowest BCUT2D eigenvalue weighted by Crippen LogP contribution is -2.01. The number of aromatic nitrogens is 5. The van der Waals surface area contributed by atoms with Crippen LogP contribution in [0.1, 0.15) is 11.3 Å². The fraction of sp³-hybridized carbons (Fsp3) is 0.375. The zero-order chi connectivity index (χ0) is 10.1. The summed E-state index contributed by atoms with van der Waals surface area (Å²) < 4.78 is 3.42. The minimum atomic E-state index is 0.564. The van der Waals surface area contributed by atoms with E-state index in [2.05, 4.69) is 15.4 Å². The molecule has 0 aliphatic heterocycles. The van der Waals surface area contributed by atoms with Crippen LogP contribution in [0, 0.1) is 6.92 Å². The maximum atomic E-state index is 5.63. The van der Waals surface area contributed by atoms with Crippen LogP contribution in [-0.2, 0) is 13.6 Å². The number of nitrogens with zero attached hydrogens (tertiary/aromatic N) is 5. The van der Waals surface area contributed by atoms with Crippen LogP contribution in [0.3, 0.4) is 0 Å². The van der Waals surface area contributed by atoms with Crippen molar-refractivity contribution in [3.05, 3.63) is 23.7 Å². The highest BCUT2D eigenvalue weighted by molar-refractivity contribution is 5.35. The average molecular weight is 192 g/mol. The van der Waals surface area contributed by atoms with Gasteiger partial charge < -0.3 is 5.73 Å². The lowest BCUT2D eigenvalue weighted by Gasteiger charge is -1.94. The van der Waals surface area contributed by atoms with E-state index in [0.717, 1.165) is 11.3 Å². The Morgan fingerprint density at radius 3 is 2.71 bits per heavy atom. The van der Waals surface area contributed by atoms with Gasteiger partial charge in [-0.1, -0.05) is 5.21 Å². The van der Waals surface area contributed by atoms with E-state index < -0.39 is 0 Å². The van der Waals surface area contributed by atoms with Crippen molar-refractivity contribution in [2.24, 2.45) is 7.05 Å². The minimum absolute atomic E-state index is 0.564. The van der Waals surface area contributed by atoms with E-state index in [1.54, 1.807) is 9.36 Å². The SMILES string of the molecule is Cc1cn(Cc2cn(C)nn2)nc1N. The van der Waals surface area contributed by atoms with Gasteiger partial charge in [-0.2, -0.15) is 5.10 Å². The van der Waals surface area contributed by atoms with Crippen molar-refractivity contribution in [3.8, 4) is 0 Å². The Morgan fingerprint density at radius 1 is 1.43 bits per heavy atom. The summed E-state index contributed by atoms with van der Waals surface area (Å²) in [4.78, 5) is 0. The smallest absolute Gasteiger partial charge is 0.148 e. The molecule has 0 saturated heterocycles. The second-order valence-electron chi connectivity index (χ2n) is 3.28. The van der Waals surface area contributed by atoms with Crippen molar-refractivity contribution in [2.75, 3.05) is 5.73 Å². The maximum absolute atomic E-state index is 5.63. The summed E-state index contributed by atoms with van der Waals surface area (Å²) in [5.74, 6) is 0.564. The summed E-state index contributed by atoms with van der Waals surface area (Å²) in [6.45, 7) is 2.53. The molecule has 0 atom stereocenters. The summed E-state index contributed by atoms with van der Waals surface area (Å²) in [6, 6.07) is 0. The van der Waals surface area contributed by atoms with Gasteiger partial charge in [0.05, 0.1) is 6.54 Å². The van der Waals surface area contributed by atoms with Gasteiger partial charge in [-0.3, -0.25) is 9.36 Å². The van der Waals surface area contributed by atoms with Gasteiger partial charge in [0.2, 0.25) is 0 Å². The second-order valence-corrected chi connectivity index (χ2v) is 3.28. The van der Waals surface area contributed by atoms with E-state index in [1.807, 2.05) is 26.4 Å². The molecule has 14 heavy (non-hydrogen) atoms. The molecule has 2 rings (SSSR count). The molecular formula is C8H12N6. The standard InChI is InChI=1S/C8H12N6/c1-6-3-14(11-8(6)9)5-7-4-13(2)12-10-7/h3-4H,5H2,1-2H3,(H2,9,11). The summed E-state index contributed by atoms with van der Waals surface area (Å²) in [5.41, 5.74) is 7.48. The molecule has 0 radical (unpaired) electrons. The van der Waals surface area contributed by atoms with Crippen LogP contribution in [0.15, 0.2) is 12.4 Å². The third kappa shape index (κ3) is 1.59. The van der Waals surface area contributed by atoms with Crippen LogP contribution in [0.25, 0.3) is 0 Å². The van der Waals surface area contributed by atoms with Gasteiger partial charge in [0, 0.05) is 25.0 Å². The van der Waals surface area contributed by atoms with Crippen molar-refractivity contribution in [3.63, 3.8) is 0 Å². The fourth-order valence-corrected chi connectivity index (χ4v) is 1.25. The van der Waals surface area contributed by atoms with E-state index in [4.69, 9.17) is 5.73 Å². The Bertz CT molecular complexity index is 421. The number of hydrogen-bond acceptors (Lipinski definition) is 4. The molecule has 0 aliphatic carbocycles. The van der Waals surface area contributed by atoms with Crippen LogP contribution in [0.2, 0.25) is 0 Å². The van der Waals surface area contributed by atoms with Crippen LogP contribution < -0.4 is 5.73 Å². The van der Waals surface area contributed by atoms with E-state index in [-0.39, 0.29) is 0 Å². The molecule has 0 aromatic carbocycles. The number of rotatable bonds is 2. The minimum Gasteiger partial charge on any atom is -0.382 e. The Labute approximate surface area is 81.3 Å². The van der Waals surface area contributed by atoms with Gasteiger partial charge in [0.15, 0.2) is 0 Å². The zero-order valence-electron chi connectivity index (χ0n) is 8.18. The van der Waals surface area contributed by atoms with Gasteiger partial charge in [-0.15, -0.1) is 5.10 Å². The molecule has 2 N–H and O–H groups in total. The Hall–Kier alpha value is -1.85. The van der Waals surface area contributed by atoms with Gasteiger partial charge in [0.25, 0.3) is 0 Å². The molecule has 6 heteroatoms. The maximum Gasteiger partial charge on any atom is 0.148 e. The van der Waals surface area contributed by atoms with E-state index in [0.29, 0.717) is 12.4 Å². The third-order valence-electron chi connectivity index (χ3n) is 1.96. The summed E-state index contributed by atoms with van der Waals surface area (Å²) >= 11 is 0. The summed E-state index contributed by atoms with van der Waals surface area (Å²) in [7, 11) is 1.83. The Balaban J connectivity index is 2.18. The van der Waals surface area contributed by atoms with Crippen molar-refractivity contribution in [2.45, 2.75) is 13.5 Å². The number of hydrogen-bond donors (Lipinski definition) is 1. The van der Waals surface area contributed by atoms with Crippen molar-refractivity contribution < 1.29 is 0 Å². The Kier molecular flexibility index (Phi) is 1.95. The largest absolute Gasteiger partial charge is 0.382 e. The molecule has 2 aromatic rings. The van der Waals surface area contributed by atoms with Gasteiger partial charge >= 0.3 is 0 Å². The molecule has 0 amide bonds. The molecule has 0 fully saturated rings. The molecule has 0 saturated carbocycles. The van der Waals surface area contributed by atoms with Gasteiger partial charge in [-0.25, -0.2) is 0 Å². The van der Waals surface area contributed by atoms with E-state index in [1.165, 1.54) is 0 Å². The molecule has 6 nitrogen and oxygen atoms in total. The second kappa shape index (κ2) is 3.13. The van der Waals surface area contributed by atoms with Crippen LogP contribution in [-0.4, -0.2) is 24.8 Å². The lowest BCUT2D eigenvalue weighted by molar-refractivity contribution is 0.670. The summed E-state index contributed by atoms with van der Waals surface area (Å²) in [5, 5.41) is 11.9. The fourth-order valence-electron chi connectivity index (χ4n) is 1.25. The first-order chi connectivity index (χ1) is 6.65. The van der Waals surface area contributed by atoms with Crippen LogP contribution >= 0.6 is 0 Å². The molecular weight excluding hydrogens is 180 g/mol. The van der Waals surface area contributed by atoms with Gasteiger partial charge in [0.1, 0.15) is 11.5 Å². The monoisotopic (exact) mass is 192 g/mol.